The van der Waals surface area contributed by atoms with Crippen molar-refractivity contribution < 1.29 is 14.2 Å². The summed E-state index contributed by atoms with van der Waals surface area (Å²) in [6.07, 6.45) is 0. The van der Waals surface area contributed by atoms with Gasteiger partial charge in [0.25, 0.3) is 0 Å². The summed E-state index contributed by atoms with van der Waals surface area (Å²) >= 11 is 3.09. The Labute approximate surface area is 140 Å². The van der Waals surface area contributed by atoms with Crippen LogP contribution in [0.15, 0.2) is 32.5 Å². The van der Waals surface area contributed by atoms with Crippen LogP contribution in [0.4, 0.5) is 15.9 Å². The van der Waals surface area contributed by atoms with E-state index in [4.69, 9.17) is 0 Å². The Morgan fingerprint density at radius 1 is 1.43 bits per heavy atom. The number of amidine groups is 1. The van der Waals surface area contributed by atoms with Gasteiger partial charge in [-0.25, -0.2) is 9.02 Å². The number of anilines is 2. The molecule has 1 aromatic heterocycles. The lowest BCUT2D eigenvalue weighted by Crippen LogP contribution is -2.22. The van der Waals surface area contributed by atoms with Gasteiger partial charge in [0.15, 0.2) is 5.69 Å². The summed E-state index contributed by atoms with van der Waals surface area (Å²) in [5.41, 5.74) is 0.722. The first kappa shape index (κ1) is 17.2. The highest BCUT2D eigenvalue weighted by molar-refractivity contribution is 9.10. The van der Waals surface area contributed by atoms with Crippen molar-refractivity contribution >= 4 is 33.3 Å². The molecule has 0 atom stereocenters. The second kappa shape index (κ2) is 7.88. The Balaban J connectivity index is 2.12. The van der Waals surface area contributed by atoms with Crippen LogP contribution in [-0.4, -0.2) is 53.4 Å². The van der Waals surface area contributed by atoms with Crippen molar-refractivity contribution in [2.75, 3.05) is 37.8 Å². The minimum Gasteiger partial charge on any atom is -0.409 e. The molecule has 2 rings (SSSR count). The molecule has 0 spiro atoms. The minimum atomic E-state index is -0.396. The zero-order chi connectivity index (χ0) is 16.8. The van der Waals surface area contributed by atoms with E-state index in [0.717, 1.165) is 6.54 Å². The molecular formula is C13H16BrFN6O2. The smallest absolute Gasteiger partial charge is 0.203 e. The fourth-order valence-electron chi connectivity index (χ4n) is 1.70. The lowest BCUT2D eigenvalue weighted by Gasteiger charge is -2.11. The van der Waals surface area contributed by atoms with Gasteiger partial charge in [-0.3, -0.25) is 0 Å². The Morgan fingerprint density at radius 3 is 2.87 bits per heavy atom. The molecule has 124 valence electrons. The first-order valence-electron chi connectivity index (χ1n) is 6.67. The van der Waals surface area contributed by atoms with Crippen molar-refractivity contribution in [1.29, 1.82) is 0 Å². The monoisotopic (exact) mass is 386 g/mol. The molecular weight excluding hydrogens is 371 g/mol. The summed E-state index contributed by atoms with van der Waals surface area (Å²) in [5, 5.41) is 25.7. The highest BCUT2D eigenvalue weighted by Crippen LogP contribution is 2.21. The van der Waals surface area contributed by atoms with Crippen LogP contribution in [-0.2, 0) is 0 Å². The molecule has 2 aromatic rings. The van der Waals surface area contributed by atoms with Crippen LogP contribution in [0, 0.1) is 5.82 Å². The Kier molecular flexibility index (Phi) is 5.88. The molecule has 1 aromatic carbocycles. The number of halogens is 2. The van der Waals surface area contributed by atoms with E-state index in [1.54, 1.807) is 0 Å². The summed E-state index contributed by atoms with van der Waals surface area (Å²) < 4.78 is 18.2. The third-order valence-electron chi connectivity index (χ3n) is 2.85. The molecule has 0 aliphatic carbocycles. The first-order chi connectivity index (χ1) is 11.0. The topological polar surface area (TPSA) is 98.8 Å². The van der Waals surface area contributed by atoms with Crippen LogP contribution in [0.25, 0.3) is 0 Å². The van der Waals surface area contributed by atoms with Crippen molar-refractivity contribution in [3.8, 4) is 0 Å². The van der Waals surface area contributed by atoms with Crippen LogP contribution >= 0.6 is 15.9 Å². The molecule has 0 saturated carbocycles. The number of hydrogen-bond acceptors (Lipinski definition) is 7. The van der Waals surface area contributed by atoms with E-state index in [1.165, 1.54) is 18.2 Å². The molecule has 1 heterocycles. The average molecular weight is 387 g/mol. The summed E-state index contributed by atoms with van der Waals surface area (Å²) in [5.74, 6) is -0.0300. The molecule has 0 radical (unpaired) electrons. The van der Waals surface area contributed by atoms with Crippen LogP contribution in [0.1, 0.15) is 5.69 Å². The van der Waals surface area contributed by atoms with Crippen LogP contribution in [0.3, 0.4) is 0 Å². The molecule has 0 unspecified atom stereocenters. The molecule has 0 aliphatic rings. The number of benzene rings is 1. The van der Waals surface area contributed by atoms with Crippen molar-refractivity contribution in [1.82, 2.24) is 15.2 Å². The van der Waals surface area contributed by atoms with Gasteiger partial charge in [0, 0.05) is 18.8 Å². The number of hydrogen-bond donors (Lipinski definition) is 3. The maximum absolute atomic E-state index is 13.3. The normalized spacial score (nSPS) is 11.8. The predicted octanol–water partition coefficient (Wildman–Crippen LogP) is 2.19. The lowest BCUT2D eigenvalue weighted by atomic mass is 10.3. The average Bonchev–Trinajstić information content (AvgIpc) is 2.96. The van der Waals surface area contributed by atoms with Gasteiger partial charge >= 0.3 is 0 Å². The molecule has 0 amide bonds. The molecule has 3 N–H and O–H groups in total. The minimum absolute atomic E-state index is 0.0251. The summed E-state index contributed by atoms with van der Waals surface area (Å²) in [6, 6.07) is 4.28. The number of likely N-dealkylation sites (N-methyl/N-ethyl adjacent to an activating group) is 1. The molecule has 8 nitrogen and oxygen atoms in total. The van der Waals surface area contributed by atoms with Gasteiger partial charge in [-0.05, 0) is 58.5 Å². The third kappa shape index (κ3) is 4.63. The lowest BCUT2D eigenvalue weighted by molar-refractivity contribution is 0.304. The third-order valence-corrected chi connectivity index (χ3v) is 3.45. The number of oxime groups is 1. The molecule has 0 aliphatic heterocycles. The largest absolute Gasteiger partial charge is 0.409 e. The summed E-state index contributed by atoms with van der Waals surface area (Å²) in [4.78, 5) is 2.00. The van der Waals surface area contributed by atoms with E-state index < -0.39 is 5.82 Å². The zero-order valence-electron chi connectivity index (χ0n) is 12.5. The second-order valence-corrected chi connectivity index (χ2v) is 5.75. The van der Waals surface area contributed by atoms with Crippen molar-refractivity contribution in [2.24, 2.45) is 5.16 Å². The Morgan fingerprint density at radius 2 is 2.22 bits per heavy atom. The molecule has 0 saturated heterocycles. The quantitative estimate of drug-likeness (QED) is 0.303. The first-order valence-corrected chi connectivity index (χ1v) is 7.46. The van der Waals surface area contributed by atoms with Crippen molar-refractivity contribution in [3.63, 3.8) is 0 Å². The van der Waals surface area contributed by atoms with Crippen LogP contribution in [0.2, 0.25) is 0 Å². The SMILES string of the molecule is CN(C)CCNc1nonc1/C(=N/O)Nc1ccc(F)c(Br)c1. The molecule has 23 heavy (non-hydrogen) atoms. The van der Waals surface area contributed by atoms with Gasteiger partial charge in [0.05, 0.1) is 4.47 Å². The highest BCUT2D eigenvalue weighted by atomic mass is 79.9. The van der Waals surface area contributed by atoms with E-state index in [9.17, 15) is 9.60 Å². The number of nitrogens with one attached hydrogen (secondary N) is 2. The number of nitrogens with zero attached hydrogens (tertiary/aromatic N) is 4. The van der Waals surface area contributed by atoms with Gasteiger partial charge in [-0.2, -0.15) is 0 Å². The standard InChI is InChI=1S/C13H16BrFN6O2/c1-21(2)6-5-16-12-11(19-23-20-12)13(18-22)17-8-3-4-10(15)9(14)7-8/h3-4,7,22H,5-6H2,1-2H3,(H,16,20)(H,17,18). The molecule has 0 fully saturated rings. The van der Waals surface area contributed by atoms with Gasteiger partial charge in [0.1, 0.15) is 5.82 Å². The second-order valence-electron chi connectivity index (χ2n) is 4.89. The van der Waals surface area contributed by atoms with E-state index >= 15 is 0 Å². The summed E-state index contributed by atoms with van der Waals surface area (Å²) in [7, 11) is 3.89. The Hall–Kier alpha value is -2.20. The number of aromatic nitrogens is 2. The fourth-order valence-corrected chi connectivity index (χ4v) is 2.08. The van der Waals surface area contributed by atoms with E-state index in [1.807, 2.05) is 19.0 Å². The van der Waals surface area contributed by atoms with Crippen molar-refractivity contribution in [2.45, 2.75) is 0 Å². The Bertz CT molecular complexity index is 691. The van der Waals surface area contributed by atoms with Gasteiger partial charge in [-0.1, -0.05) is 5.16 Å². The van der Waals surface area contributed by atoms with Crippen molar-refractivity contribution in [3.05, 3.63) is 34.2 Å². The predicted molar refractivity (Wildman–Crippen MR) is 87.4 cm³/mol. The molecule has 0 bridgehead atoms. The summed E-state index contributed by atoms with van der Waals surface area (Å²) in [6.45, 7) is 1.38. The maximum Gasteiger partial charge on any atom is 0.203 e. The fraction of sp³-hybridized carbons (Fsp3) is 0.308. The van der Waals surface area contributed by atoms with Gasteiger partial charge in [-0.15, -0.1) is 0 Å². The maximum atomic E-state index is 13.3. The zero-order valence-corrected chi connectivity index (χ0v) is 14.1. The van der Waals surface area contributed by atoms with Gasteiger partial charge < -0.3 is 20.7 Å². The van der Waals surface area contributed by atoms with E-state index in [-0.39, 0.29) is 16.0 Å². The van der Waals surface area contributed by atoms with E-state index in [0.29, 0.717) is 18.1 Å². The highest BCUT2D eigenvalue weighted by Gasteiger charge is 2.17. The number of rotatable bonds is 6. The van der Waals surface area contributed by atoms with Crippen LogP contribution < -0.4 is 10.6 Å². The van der Waals surface area contributed by atoms with Crippen LogP contribution in [0.5, 0.6) is 0 Å². The van der Waals surface area contributed by atoms with E-state index in [2.05, 4.69) is 46.7 Å². The van der Waals surface area contributed by atoms with Gasteiger partial charge in [0.2, 0.25) is 11.7 Å². The molecule has 10 heteroatoms.